The van der Waals surface area contributed by atoms with E-state index in [0.29, 0.717) is 6.42 Å². The summed E-state index contributed by atoms with van der Waals surface area (Å²) in [6.45, 7) is 12.8. The Morgan fingerprint density at radius 1 is 1.23 bits per heavy atom. The number of ketones is 1. The van der Waals surface area contributed by atoms with Crippen LogP contribution in [0.25, 0.3) is 6.08 Å². The molecule has 2 saturated heterocycles. The average molecular weight is 508 g/mol. The zero-order valence-corrected chi connectivity index (χ0v) is 22.9. The van der Waals surface area contributed by atoms with Gasteiger partial charge in [0.2, 0.25) is 0 Å². The van der Waals surface area contributed by atoms with E-state index < -0.39 is 35.6 Å². The Kier molecular flexibility index (Phi) is 8.62. The quantitative estimate of drug-likeness (QED) is 0.449. The number of Topliss-reactive ketones (excluding diaryl/α,β-unsaturated/α-hetero) is 1. The van der Waals surface area contributed by atoms with E-state index in [0.717, 1.165) is 35.5 Å². The van der Waals surface area contributed by atoms with Crippen LogP contribution in [0.1, 0.15) is 84.3 Å². The summed E-state index contributed by atoms with van der Waals surface area (Å²) in [6, 6.07) is 0. The maximum Gasteiger partial charge on any atom is 0.309 e. The van der Waals surface area contributed by atoms with Crippen LogP contribution in [0.2, 0.25) is 0 Å². The van der Waals surface area contributed by atoms with Gasteiger partial charge in [-0.25, -0.2) is 4.98 Å². The van der Waals surface area contributed by atoms with Crippen LogP contribution in [0.3, 0.4) is 0 Å². The van der Waals surface area contributed by atoms with Crippen molar-refractivity contribution in [2.75, 3.05) is 0 Å². The molecule has 0 aromatic carbocycles. The van der Waals surface area contributed by atoms with Crippen molar-refractivity contribution in [2.24, 2.45) is 17.3 Å². The van der Waals surface area contributed by atoms with Crippen molar-refractivity contribution in [2.45, 2.75) is 111 Å². The maximum atomic E-state index is 13.2. The van der Waals surface area contributed by atoms with Crippen molar-refractivity contribution < 1.29 is 29.3 Å². The minimum absolute atomic E-state index is 0.0455. The first-order valence-corrected chi connectivity index (χ1v) is 13.5. The van der Waals surface area contributed by atoms with E-state index >= 15 is 0 Å². The number of ether oxygens (including phenoxy) is 2. The topological polar surface area (TPSA) is 109 Å². The number of aromatic nitrogens is 1. The Morgan fingerprint density at radius 2 is 1.91 bits per heavy atom. The second-order valence-electron chi connectivity index (χ2n) is 11.3. The number of carbonyl (C=O) groups excluding carboxylic acids is 2. The van der Waals surface area contributed by atoms with Gasteiger partial charge in [-0.15, -0.1) is 11.3 Å². The second-order valence-corrected chi connectivity index (χ2v) is 12.3. The third-order valence-corrected chi connectivity index (χ3v) is 8.72. The largest absolute Gasteiger partial charge is 0.458 e. The number of fused-ring (bicyclic) bond motifs is 1. The minimum Gasteiger partial charge on any atom is -0.458 e. The van der Waals surface area contributed by atoms with Gasteiger partial charge in [-0.05, 0) is 51.2 Å². The van der Waals surface area contributed by atoms with E-state index in [9.17, 15) is 19.8 Å². The molecule has 1 aromatic heterocycles. The lowest BCUT2D eigenvalue weighted by Gasteiger charge is -2.34. The highest BCUT2D eigenvalue weighted by Gasteiger charge is 2.53. The fraction of sp³-hybridized carbons (Fsp3) is 0.741. The molecule has 0 spiro atoms. The molecule has 0 saturated carbocycles. The first kappa shape index (κ1) is 28.0. The van der Waals surface area contributed by atoms with Gasteiger partial charge in [-0.3, -0.25) is 9.59 Å². The number of thiazole rings is 1. The highest BCUT2D eigenvalue weighted by molar-refractivity contribution is 7.09. The fourth-order valence-corrected chi connectivity index (χ4v) is 5.64. The highest BCUT2D eigenvalue weighted by Crippen LogP contribution is 2.45. The zero-order valence-electron chi connectivity index (χ0n) is 22.0. The molecule has 35 heavy (non-hydrogen) atoms. The summed E-state index contributed by atoms with van der Waals surface area (Å²) < 4.78 is 11.9. The molecule has 8 heteroatoms. The number of aliphatic hydroxyl groups excluding tert-OH is 2. The number of rotatable bonds is 2. The molecular weight excluding hydrogens is 466 g/mol. The van der Waals surface area contributed by atoms with Crippen LogP contribution in [-0.4, -0.2) is 57.0 Å². The standard InChI is InChI=1S/C27H41NO6S/c1-15-9-8-10-27(7)22(34-27)12-20(16(2)11-19-14-35-18(4)28-19)33-23(30)13-21(29)26(5,6)25(32)17(3)24(15)31/h11,14-15,17,20-22,24,29,31H,8-10,12-13H2,1-7H3/b16-11+/t15?,17?,20-,21?,22-,24-,27+/m1/s1. The lowest BCUT2D eigenvalue weighted by Crippen LogP contribution is -2.45. The molecule has 2 aliphatic heterocycles. The molecule has 7 nitrogen and oxygen atoms in total. The lowest BCUT2D eigenvalue weighted by atomic mass is 9.73. The molecule has 3 heterocycles. The lowest BCUT2D eigenvalue weighted by molar-refractivity contribution is -0.154. The van der Waals surface area contributed by atoms with Crippen molar-refractivity contribution in [1.82, 2.24) is 4.98 Å². The van der Waals surface area contributed by atoms with Crippen LogP contribution in [0.15, 0.2) is 11.0 Å². The monoisotopic (exact) mass is 507 g/mol. The van der Waals surface area contributed by atoms with E-state index in [1.54, 1.807) is 32.1 Å². The van der Waals surface area contributed by atoms with E-state index in [4.69, 9.17) is 9.47 Å². The number of cyclic esters (lactones) is 1. The Balaban J connectivity index is 1.85. The van der Waals surface area contributed by atoms with E-state index in [2.05, 4.69) is 11.9 Å². The molecule has 3 rings (SSSR count). The molecule has 2 aliphatic rings. The second kappa shape index (κ2) is 10.8. The first-order chi connectivity index (χ1) is 16.2. The molecule has 196 valence electrons. The average Bonchev–Trinajstić information content (AvgIpc) is 3.22. The molecule has 0 aliphatic carbocycles. The van der Waals surface area contributed by atoms with Gasteiger partial charge in [-0.1, -0.05) is 34.1 Å². The van der Waals surface area contributed by atoms with Crippen LogP contribution in [0.4, 0.5) is 0 Å². The highest BCUT2D eigenvalue weighted by atomic mass is 32.1. The van der Waals surface area contributed by atoms with Crippen molar-refractivity contribution >= 4 is 29.2 Å². The van der Waals surface area contributed by atoms with Crippen LogP contribution in [-0.2, 0) is 19.1 Å². The minimum atomic E-state index is -1.23. The van der Waals surface area contributed by atoms with Gasteiger partial charge in [-0.2, -0.15) is 0 Å². The van der Waals surface area contributed by atoms with Crippen LogP contribution in [0.5, 0.6) is 0 Å². The number of epoxide rings is 1. The maximum absolute atomic E-state index is 13.2. The van der Waals surface area contributed by atoms with Crippen LogP contribution < -0.4 is 0 Å². The predicted molar refractivity (Wildman–Crippen MR) is 136 cm³/mol. The first-order valence-electron chi connectivity index (χ1n) is 12.6. The van der Waals surface area contributed by atoms with Crippen molar-refractivity contribution in [3.8, 4) is 0 Å². The van der Waals surface area contributed by atoms with Crippen LogP contribution in [0, 0.1) is 24.2 Å². The molecule has 0 bridgehead atoms. The van der Waals surface area contributed by atoms with Gasteiger partial charge in [0.25, 0.3) is 0 Å². The number of aryl methyl sites for hydroxylation is 1. The molecule has 2 fully saturated rings. The number of carbonyl (C=O) groups is 2. The van der Waals surface area contributed by atoms with E-state index in [1.807, 2.05) is 32.2 Å². The SMILES string of the molecule is C/C(=C\c1csc(C)n1)[C@H]1C[C@H]2O[C@@]2(C)CCCC(C)[C@@H](O)C(C)C(=O)C(C)(C)C(O)CC(=O)O1. The number of aliphatic hydroxyl groups is 2. The third kappa shape index (κ3) is 6.59. The summed E-state index contributed by atoms with van der Waals surface area (Å²) in [6.07, 6.45) is 1.98. The molecule has 2 N–H and O–H groups in total. The van der Waals surface area contributed by atoms with E-state index in [1.165, 1.54) is 0 Å². The van der Waals surface area contributed by atoms with Gasteiger partial charge < -0.3 is 19.7 Å². The zero-order chi connectivity index (χ0) is 26.1. The molecular formula is C27H41NO6S. The van der Waals surface area contributed by atoms with E-state index in [-0.39, 0.29) is 29.8 Å². The van der Waals surface area contributed by atoms with Gasteiger partial charge >= 0.3 is 5.97 Å². The third-order valence-electron chi connectivity index (χ3n) is 7.93. The normalized spacial score (nSPS) is 37.5. The van der Waals surface area contributed by atoms with Gasteiger partial charge in [0, 0.05) is 17.7 Å². The van der Waals surface area contributed by atoms with Crippen LogP contribution >= 0.6 is 11.3 Å². The van der Waals surface area contributed by atoms with Crippen molar-refractivity contribution in [1.29, 1.82) is 0 Å². The Hall–Kier alpha value is -1.61. The summed E-state index contributed by atoms with van der Waals surface area (Å²) in [5.41, 5.74) is 0.179. The Bertz CT molecular complexity index is 955. The van der Waals surface area contributed by atoms with Gasteiger partial charge in [0.15, 0.2) is 0 Å². The van der Waals surface area contributed by atoms with Crippen molar-refractivity contribution in [3.05, 3.63) is 21.7 Å². The number of esters is 1. The Labute approximate surface area is 212 Å². The summed E-state index contributed by atoms with van der Waals surface area (Å²) in [7, 11) is 0. The Morgan fingerprint density at radius 3 is 2.54 bits per heavy atom. The van der Waals surface area contributed by atoms with Gasteiger partial charge in [0.1, 0.15) is 11.9 Å². The number of hydrogen-bond donors (Lipinski definition) is 2. The smallest absolute Gasteiger partial charge is 0.309 e. The fourth-order valence-electron chi connectivity index (χ4n) is 5.07. The van der Waals surface area contributed by atoms with Crippen molar-refractivity contribution in [3.63, 3.8) is 0 Å². The summed E-state index contributed by atoms with van der Waals surface area (Å²) >= 11 is 1.56. The van der Waals surface area contributed by atoms with Gasteiger partial charge in [0.05, 0.1) is 46.5 Å². The molecule has 3 unspecified atom stereocenters. The molecule has 0 radical (unpaired) electrons. The number of hydrogen-bond acceptors (Lipinski definition) is 8. The molecule has 0 amide bonds. The predicted octanol–water partition coefficient (Wildman–Crippen LogP) is 4.48. The summed E-state index contributed by atoms with van der Waals surface area (Å²) in [4.78, 5) is 30.6. The summed E-state index contributed by atoms with van der Waals surface area (Å²) in [5, 5.41) is 24.6. The number of nitrogens with zero attached hydrogens (tertiary/aromatic N) is 1. The molecule has 1 aromatic rings. The summed E-state index contributed by atoms with van der Waals surface area (Å²) in [5.74, 6) is -1.55. The molecule has 7 atom stereocenters.